The van der Waals surface area contributed by atoms with E-state index in [0.29, 0.717) is 19.6 Å². The first-order valence-corrected chi connectivity index (χ1v) is 8.55. The first kappa shape index (κ1) is 16.1. The van der Waals surface area contributed by atoms with Crippen molar-refractivity contribution in [1.82, 2.24) is 9.47 Å². The Balaban J connectivity index is 2.02. The van der Waals surface area contributed by atoms with E-state index in [2.05, 4.69) is 41.6 Å². The number of benzene rings is 1. The summed E-state index contributed by atoms with van der Waals surface area (Å²) in [6, 6.07) is 6.64. The van der Waals surface area contributed by atoms with Crippen LogP contribution in [-0.4, -0.2) is 35.6 Å². The predicted molar refractivity (Wildman–Crippen MR) is 92.6 cm³/mol. The third-order valence-corrected chi connectivity index (χ3v) is 4.67. The highest BCUT2D eigenvalue weighted by atomic mass is 16.5. The van der Waals surface area contributed by atoms with Crippen molar-refractivity contribution in [2.24, 2.45) is 0 Å². The lowest BCUT2D eigenvalue weighted by Gasteiger charge is -2.12. The molecule has 4 heteroatoms. The van der Waals surface area contributed by atoms with Gasteiger partial charge >= 0.3 is 5.97 Å². The van der Waals surface area contributed by atoms with Gasteiger partial charge in [-0.15, -0.1) is 0 Å². The molecule has 0 N–H and O–H groups in total. The van der Waals surface area contributed by atoms with Crippen molar-refractivity contribution >= 4 is 16.9 Å². The van der Waals surface area contributed by atoms with Gasteiger partial charge in [0.25, 0.3) is 0 Å². The summed E-state index contributed by atoms with van der Waals surface area (Å²) in [4.78, 5) is 14.2. The Kier molecular flexibility index (Phi) is 4.71. The molecule has 1 aromatic carbocycles. The van der Waals surface area contributed by atoms with E-state index in [1.54, 1.807) is 0 Å². The van der Waals surface area contributed by atoms with Crippen LogP contribution >= 0.6 is 0 Å². The molecule has 3 rings (SSSR count). The molecule has 124 valence electrons. The second-order valence-electron chi connectivity index (χ2n) is 6.49. The highest BCUT2D eigenvalue weighted by Gasteiger charge is 2.21. The van der Waals surface area contributed by atoms with E-state index < -0.39 is 0 Å². The average Bonchev–Trinajstić information content (AvgIpc) is 2.66. The van der Waals surface area contributed by atoms with Crippen LogP contribution in [0, 0.1) is 6.92 Å². The van der Waals surface area contributed by atoms with E-state index in [0.717, 1.165) is 25.9 Å². The molecule has 1 aliphatic heterocycles. The molecule has 1 aromatic heterocycles. The molecule has 0 amide bonds. The third-order valence-electron chi connectivity index (χ3n) is 4.67. The molecule has 23 heavy (non-hydrogen) atoms. The molecule has 0 atom stereocenters. The number of hydrogen-bond donors (Lipinski definition) is 0. The maximum absolute atomic E-state index is 11.8. The highest BCUT2D eigenvalue weighted by Crippen LogP contribution is 2.31. The quantitative estimate of drug-likeness (QED) is 0.812. The highest BCUT2D eigenvalue weighted by molar-refractivity contribution is 5.86. The fourth-order valence-electron chi connectivity index (χ4n) is 3.61. The zero-order valence-corrected chi connectivity index (χ0v) is 14.4. The Morgan fingerprint density at radius 2 is 2.17 bits per heavy atom. The van der Waals surface area contributed by atoms with Crippen molar-refractivity contribution in [3.63, 3.8) is 0 Å². The molecule has 2 heterocycles. The van der Waals surface area contributed by atoms with Crippen LogP contribution < -0.4 is 0 Å². The van der Waals surface area contributed by atoms with Gasteiger partial charge in [-0.05, 0) is 58.0 Å². The van der Waals surface area contributed by atoms with Crippen molar-refractivity contribution in [1.29, 1.82) is 0 Å². The summed E-state index contributed by atoms with van der Waals surface area (Å²) >= 11 is 0. The molecule has 1 aliphatic rings. The summed E-state index contributed by atoms with van der Waals surface area (Å²) in [5.41, 5.74) is 5.38. The van der Waals surface area contributed by atoms with Gasteiger partial charge in [-0.3, -0.25) is 4.79 Å². The Morgan fingerprint density at radius 1 is 1.35 bits per heavy atom. The van der Waals surface area contributed by atoms with Gasteiger partial charge in [0, 0.05) is 29.7 Å². The maximum Gasteiger partial charge on any atom is 0.307 e. The Labute approximate surface area is 138 Å². The number of carbonyl (C=O) groups excluding carboxylic acids is 1. The molecule has 0 spiro atoms. The van der Waals surface area contributed by atoms with Crippen LogP contribution in [0.5, 0.6) is 0 Å². The Morgan fingerprint density at radius 3 is 2.96 bits per heavy atom. The molecule has 4 nitrogen and oxygen atoms in total. The normalized spacial score (nSPS) is 15.4. The first-order valence-electron chi connectivity index (χ1n) is 8.55. The molecule has 0 radical (unpaired) electrons. The third kappa shape index (κ3) is 3.27. The molecule has 0 fully saturated rings. The minimum atomic E-state index is -0.110. The van der Waals surface area contributed by atoms with E-state index in [4.69, 9.17) is 4.74 Å². The van der Waals surface area contributed by atoms with E-state index in [-0.39, 0.29) is 5.97 Å². The Hall–Kier alpha value is -1.81. The topological polar surface area (TPSA) is 34.5 Å². The number of aromatic nitrogens is 1. The number of aryl methyl sites for hydroxylation is 2. The second kappa shape index (κ2) is 6.75. The fraction of sp³-hybridized carbons (Fsp3) is 0.526. The van der Waals surface area contributed by atoms with Crippen molar-refractivity contribution < 1.29 is 9.53 Å². The minimum Gasteiger partial charge on any atom is -0.466 e. The van der Waals surface area contributed by atoms with Crippen LogP contribution in [0.2, 0.25) is 0 Å². The predicted octanol–water partition coefficient (Wildman–Crippen LogP) is 3.28. The standard InChI is InChI=1S/C19H26N2O2/c1-4-23-19(22)9-11-21-17-6-5-10-20(3)13-16(17)15-12-14(2)7-8-18(15)21/h7-8,12H,4-6,9-11,13H2,1-3H3. The molecular weight excluding hydrogens is 288 g/mol. The molecule has 0 unspecified atom stereocenters. The smallest absolute Gasteiger partial charge is 0.307 e. The second-order valence-corrected chi connectivity index (χ2v) is 6.49. The maximum atomic E-state index is 11.8. The first-order chi connectivity index (χ1) is 11.1. The van der Waals surface area contributed by atoms with E-state index >= 15 is 0 Å². The zero-order valence-electron chi connectivity index (χ0n) is 14.4. The lowest BCUT2D eigenvalue weighted by molar-refractivity contribution is -0.143. The molecule has 0 saturated heterocycles. The zero-order chi connectivity index (χ0) is 16.4. The van der Waals surface area contributed by atoms with Crippen LogP contribution in [0.1, 0.15) is 36.6 Å². The van der Waals surface area contributed by atoms with Gasteiger partial charge in [0.15, 0.2) is 0 Å². The van der Waals surface area contributed by atoms with Crippen molar-refractivity contribution in [2.45, 2.75) is 46.2 Å². The van der Waals surface area contributed by atoms with Gasteiger partial charge in [-0.2, -0.15) is 0 Å². The average molecular weight is 314 g/mol. The van der Waals surface area contributed by atoms with Crippen LogP contribution in [-0.2, 0) is 29.0 Å². The monoisotopic (exact) mass is 314 g/mol. The summed E-state index contributed by atoms with van der Waals surface area (Å²) in [6.45, 7) is 7.27. The van der Waals surface area contributed by atoms with Crippen LogP contribution in [0.15, 0.2) is 18.2 Å². The van der Waals surface area contributed by atoms with Gasteiger partial charge in [0.1, 0.15) is 0 Å². The number of nitrogens with zero attached hydrogens (tertiary/aromatic N) is 2. The number of rotatable bonds is 4. The number of fused-ring (bicyclic) bond motifs is 3. The fourth-order valence-corrected chi connectivity index (χ4v) is 3.61. The number of ether oxygens (including phenoxy) is 1. The lowest BCUT2D eigenvalue weighted by Crippen LogP contribution is -2.17. The van der Waals surface area contributed by atoms with Crippen LogP contribution in [0.4, 0.5) is 0 Å². The largest absolute Gasteiger partial charge is 0.466 e. The molecular formula is C19H26N2O2. The molecule has 0 bridgehead atoms. The van der Waals surface area contributed by atoms with Gasteiger partial charge in [0.2, 0.25) is 0 Å². The van der Waals surface area contributed by atoms with Gasteiger partial charge in [-0.1, -0.05) is 11.6 Å². The number of esters is 1. The van der Waals surface area contributed by atoms with Crippen molar-refractivity contribution in [3.8, 4) is 0 Å². The SMILES string of the molecule is CCOC(=O)CCn1c2c(c3cc(C)ccc31)CN(C)CCC2. The molecule has 0 saturated carbocycles. The van der Waals surface area contributed by atoms with Crippen LogP contribution in [0.25, 0.3) is 10.9 Å². The summed E-state index contributed by atoms with van der Waals surface area (Å²) in [5, 5.41) is 1.35. The summed E-state index contributed by atoms with van der Waals surface area (Å²) < 4.78 is 7.44. The summed E-state index contributed by atoms with van der Waals surface area (Å²) in [7, 11) is 2.19. The number of hydrogen-bond acceptors (Lipinski definition) is 3. The van der Waals surface area contributed by atoms with Crippen LogP contribution in [0.3, 0.4) is 0 Å². The Bertz CT molecular complexity index is 718. The van der Waals surface area contributed by atoms with E-state index in [9.17, 15) is 4.79 Å². The van der Waals surface area contributed by atoms with Crippen molar-refractivity contribution in [2.75, 3.05) is 20.2 Å². The van der Waals surface area contributed by atoms with E-state index in [1.807, 2.05) is 6.92 Å². The summed E-state index contributed by atoms with van der Waals surface area (Å²) in [6.07, 6.45) is 2.68. The van der Waals surface area contributed by atoms with Crippen molar-refractivity contribution in [3.05, 3.63) is 35.0 Å². The molecule has 2 aromatic rings. The molecule has 0 aliphatic carbocycles. The van der Waals surface area contributed by atoms with E-state index in [1.165, 1.54) is 27.7 Å². The minimum absolute atomic E-state index is 0.110. The van der Waals surface area contributed by atoms with Gasteiger partial charge in [-0.25, -0.2) is 0 Å². The summed E-state index contributed by atoms with van der Waals surface area (Å²) in [5.74, 6) is -0.110. The van der Waals surface area contributed by atoms with Gasteiger partial charge in [0.05, 0.1) is 13.0 Å². The van der Waals surface area contributed by atoms with Gasteiger partial charge < -0.3 is 14.2 Å². The lowest BCUT2D eigenvalue weighted by atomic mass is 10.1. The number of carbonyl (C=O) groups is 1.